The minimum absolute atomic E-state index is 0.479. The number of hydrogen-bond acceptors (Lipinski definition) is 6. The van der Waals surface area contributed by atoms with Gasteiger partial charge < -0.3 is 9.47 Å². The predicted molar refractivity (Wildman–Crippen MR) is 86.9 cm³/mol. The molecule has 0 aliphatic heterocycles. The summed E-state index contributed by atoms with van der Waals surface area (Å²) >= 11 is 0. The maximum absolute atomic E-state index is 5.53. The van der Waals surface area contributed by atoms with Crippen molar-refractivity contribution in [3.05, 3.63) is 41.2 Å². The molecule has 1 aromatic carbocycles. The van der Waals surface area contributed by atoms with Crippen molar-refractivity contribution < 1.29 is 9.47 Å². The number of nitrogens with zero attached hydrogens (tertiary/aromatic N) is 3. The summed E-state index contributed by atoms with van der Waals surface area (Å²) in [4.78, 5) is 8.52. The van der Waals surface area contributed by atoms with Crippen molar-refractivity contribution in [2.24, 2.45) is 5.10 Å². The van der Waals surface area contributed by atoms with Crippen molar-refractivity contribution in [1.82, 2.24) is 9.97 Å². The van der Waals surface area contributed by atoms with Crippen molar-refractivity contribution in [2.45, 2.75) is 20.8 Å². The zero-order chi connectivity index (χ0) is 15.9. The molecule has 0 aliphatic carbocycles. The smallest absolute Gasteiger partial charge is 0.243 e. The molecule has 0 saturated heterocycles. The standard InChI is InChI=1S/C16H20N4O2/c1-5-22-15-9-13(6-7-14(15)21-4)10-17-20-16-18-11(2)8-12(3)19-16/h6-10H,5H2,1-4H3,(H,18,19,20)/b17-10+. The molecule has 1 heterocycles. The maximum Gasteiger partial charge on any atom is 0.243 e. The van der Waals surface area contributed by atoms with Crippen LogP contribution in [0.15, 0.2) is 29.4 Å². The molecule has 116 valence electrons. The highest BCUT2D eigenvalue weighted by atomic mass is 16.5. The van der Waals surface area contributed by atoms with Crippen molar-refractivity contribution in [1.29, 1.82) is 0 Å². The number of rotatable bonds is 6. The highest BCUT2D eigenvalue weighted by Crippen LogP contribution is 2.27. The summed E-state index contributed by atoms with van der Waals surface area (Å²) in [5.74, 6) is 1.87. The summed E-state index contributed by atoms with van der Waals surface area (Å²) in [7, 11) is 1.62. The van der Waals surface area contributed by atoms with Crippen LogP contribution in [-0.4, -0.2) is 29.9 Å². The van der Waals surface area contributed by atoms with Gasteiger partial charge in [-0.05, 0) is 50.6 Å². The Morgan fingerprint density at radius 2 is 1.86 bits per heavy atom. The fourth-order valence-electron chi connectivity index (χ4n) is 1.98. The average molecular weight is 300 g/mol. The number of aromatic nitrogens is 2. The van der Waals surface area contributed by atoms with Crippen molar-refractivity contribution in [3.63, 3.8) is 0 Å². The third-order valence-corrected chi connectivity index (χ3v) is 2.85. The Labute approximate surface area is 130 Å². The average Bonchev–Trinajstić information content (AvgIpc) is 2.47. The molecule has 0 radical (unpaired) electrons. The predicted octanol–water partition coefficient (Wildman–Crippen LogP) is 2.95. The fraction of sp³-hybridized carbons (Fsp3) is 0.312. The largest absolute Gasteiger partial charge is 0.493 e. The van der Waals surface area contributed by atoms with Crippen molar-refractivity contribution in [3.8, 4) is 11.5 Å². The minimum Gasteiger partial charge on any atom is -0.493 e. The number of aryl methyl sites for hydroxylation is 2. The van der Waals surface area contributed by atoms with E-state index in [1.54, 1.807) is 13.3 Å². The Hall–Kier alpha value is -2.63. The van der Waals surface area contributed by atoms with Crippen molar-refractivity contribution >= 4 is 12.2 Å². The first kappa shape index (κ1) is 15.8. The molecule has 0 spiro atoms. The molecule has 0 amide bonds. The van der Waals surface area contributed by atoms with Gasteiger partial charge >= 0.3 is 0 Å². The first-order valence-electron chi connectivity index (χ1n) is 7.04. The number of hydrogen-bond donors (Lipinski definition) is 1. The second-order valence-electron chi connectivity index (χ2n) is 4.69. The van der Waals surface area contributed by atoms with E-state index in [0.29, 0.717) is 24.1 Å². The van der Waals surface area contributed by atoms with Gasteiger partial charge in [-0.25, -0.2) is 15.4 Å². The van der Waals surface area contributed by atoms with Crippen LogP contribution >= 0.6 is 0 Å². The molecule has 1 N–H and O–H groups in total. The van der Waals surface area contributed by atoms with Crippen LogP contribution in [-0.2, 0) is 0 Å². The molecule has 0 aliphatic rings. The van der Waals surface area contributed by atoms with Crippen LogP contribution in [0.4, 0.5) is 5.95 Å². The van der Waals surface area contributed by atoms with E-state index >= 15 is 0 Å². The van der Waals surface area contributed by atoms with Crippen LogP contribution in [0, 0.1) is 13.8 Å². The molecule has 0 atom stereocenters. The highest BCUT2D eigenvalue weighted by molar-refractivity contribution is 5.81. The number of nitrogens with one attached hydrogen (secondary N) is 1. The van der Waals surface area contributed by atoms with Crippen LogP contribution in [0.3, 0.4) is 0 Å². The fourth-order valence-corrected chi connectivity index (χ4v) is 1.98. The zero-order valence-corrected chi connectivity index (χ0v) is 13.3. The Balaban J connectivity index is 2.11. The van der Waals surface area contributed by atoms with E-state index in [1.807, 2.05) is 45.0 Å². The lowest BCUT2D eigenvalue weighted by Crippen LogP contribution is -2.00. The van der Waals surface area contributed by atoms with Crippen LogP contribution in [0.5, 0.6) is 11.5 Å². The number of methoxy groups -OCH3 is 1. The van der Waals surface area contributed by atoms with E-state index in [-0.39, 0.29) is 0 Å². The van der Waals surface area contributed by atoms with Gasteiger partial charge in [-0.1, -0.05) is 0 Å². The molecule has 6 nitrogen and oxygen atoms in total. The van der Waals surface area contributed by atoms with Crippen LogP contribution in [0.2, 0.25) is 0 Å². The normalized spacial score (nSPS) is 10.7. The van der Waals surface area contributed by atoms with Crippen LogP contribution in [0.25, 0.3) is 0 Å². The maximum atomic E-state index is 5.53. The lowest BCUT2D eigenvalue weighted by Gasteiger charge is -2.09. The summed E-state index contributed by atoms with van der Waals surface area (Å²) in [5.41, 5.74) is 5.51. The zero-order valence-electron chi connectivity index (χ0n) is 13.3. The third kappa shape index (κ3) is 4.18. The molecule has 0 fully saturated rings. The molecular weight excluding hydrogens is 280 g/mol. The molecule has 22 heavy (non-hydrogen) atoms. The number of hydrazone groups is 1. The molecule has 6 heteroatoms. The summed E-state index contributed by atoms with van der Waals surface area (Å²) in [5, 5.41) is 4.15. The Morgan fingerprint density at radius 3 is 2.50 bits per heavy atom. The van der Waals surface area contributed by atoms with Gasteiger partial charge in [-0.3, -0.25) is 0 Å². The van der Waals surface area contributed by atoms with Gasteiger partial charge in [-0.2, -0.15) is 5.10 Å². The molecule has 1 aromatic heterocycles. The number of anilines is 1. The summed E-state index contributed by atoms with van der Waals surface area (Å²) in [6, 6.07) is 7.52. The Morgan fingerprint density at radius 1 is 1.14 bits per heavy atom. The first-order chi connectivity index (χ1) is 10.6. The van der Waals surface area contributed by atoms with Crippen LogP contribution < -0.4 is 14.9 Å². The molecule has 2 rings (SSSR count). The SMILES string of the molecule is CCOc1cc(/C=N/Nc2nc(C)cc(C)n2)ccc1OC. The Bertz CT molecular complexity index is 651. The van der Waals surface area contributed by atoms with E-state index in [0.717, 1.165) is 17.0 Å². The lowest BCUT2D eigenvalue weighted by molar-refractivity contribution is 0.311. The van der Waals surface area contributed by atoms with E-state index in [9.17, 15) is 0 Å². The number of benzene rings is 1. The molecule has 2 aromatic rings. The molecule has 0 bridgehead atoms. The van der Waals surface area contributed by atoms with Crippen molar-refractivity contribution in [2.75, 3.05) is 19.1 Å². The van der Waals surface area contributed by atoms with Gasteiger partial charge in [0.2, 0.25) is 5.95 Å². The lowest BCUT2D eigenvalue weighted by atomic mass is 10.2. The van der Waals surface area contributed by atoms with Gasteiger partial charge in [-0.15, -0.1) is 0 Å². The van der Waals surface area contributed by atoms with Crippen LogP contribution in [0.1, 0.15) is 23.9 Å². The summed E-state index contributed by atoms with van der Waals surface area (Å²) in [6.07, 6.45) is 1.68. The first-order valence-corrected chi connectivity index (χ1v) is 7.04. The molecule has 0 saturated carbocycles. The highest BCUT2D eigenvalue weighted by Gasteiger charge is 2.04. The van der Waals surface area contributed by atoms with E-state index in [1.165, 1.54) is 0 Å². The second-order valence-corrected chi connectivity index (χ2v) is 4.69. The second kappa shape index (κ2) is 7.40. The number of ether oxygens (including phenoxy) is 2. The van der Waals surface area contributed by atoms with E-state index < -0.39 is 0 Å². The molecular formula is C16H20N4O2. The van der Waals surface area contributed by atoms with E-state index in [2.05, 4.69) is 20.5 Å². The van der Waals surface area contributed by atoms with E-state index in [4.69, 9.17) is 9.47 Å². The monoisotopic (exact) mass is 300 g/mol. The molecule has 0 unspecified atom stereocenters. The van der Waals surface area contributed by atoms with Gasteiger partial charge in [0.1, 0.15) is 0 Å². The summed E-state index contributed by atoms with van der Waals surface area (Å²) < 4.78 is 10.8. The van der Waals surface area contributed by atoms with Gasteiger partial charge in [0.15, 0.2) is 11.5 Å². The topological polar surface area (TPSA) is 68.6 Å². The summed E-state index contributed by atoms with van der Waals surface area (Å²) in [6.45, 7) is 6.34. The third-order valence-electron chi connectivity index (χ3n) is 2.85. The minimum atomic E-state index is 0.479. The van der Waals surface area contributed by atoms with Gasteiger partial charge in [0.05, 0.1) is 19.9 Å². The van der Waals surface area contributed by atoms with Gasteiger partial charge in [0.25, 0.3) is 0 Å². The van der Waals surface area contributed by atoms with Gasteiger partial charge in [0, 0.05) is 11.4 Å². The Kier molecular flexibility index (Phi) is 5.30. The quantitative estimate of drug-likeness (QED) is 0.656.